The summed E-state index contributed by atoms with van der Waals surface area (Å²) in [4.78, 5) is 0.248. The highest BCUT2D eigenvalue weighted by atomic mass is 32.2. The molecule has 1 fully saturated rings. The minimum atomic E-state index is -3.40. The summed E-state index contributed by atoms with van der Waals surface area (Å²) in [6.45, 7) is 0.317. The van der Waals surface area contributed by atoms with E-state index in [2.05, 4.69) is 16.6 Å². The largest absolute Gasteiger partial charge is 0.384 e. The Hall–Kier alpha value is -1.35. The fraction of sp³-hybridized carbons (Fsp3) is 0.385. The van der Waals surface area contributed by atoms with Gasteiger partial charge in [0.1, 0.15) is 6.61 Å². The summed E-state index contributed by atoms with van der Waals surface area (Å²) in [7, 11) is -3.40. The number of hydrogen-bond acceptors (Lipinski definition) is 3. The molecule has 96 valence electrons. The maximum atomic E-state index is 11.9. The van der Waals surface area contributed by atoms with E-state index < -0.39 is 10.0 Å². The van der Waals surface area contributed by atoms with E-state index in [4.69, 9.17) is 5.11 Å². The predicted octanol–water partition coefficient (Wildman–Crippen LogP) is 0.719. The van der Waals surface area contributed by atoms with Crippen LogP contribution in [0.15, 0.2) is 29.2 Å². The van der Waals surface area contributed by atoms with E-state index in [9.17, 15) is 8.42 Å². The molecule has 5 heteroatoms. The van der Waals surface area contributed by atoms with E-state index in [1.54, 1.807) is 12.1 Å². The first-order chi connectivity index (χ1) is 8.62. The Morgan fingerprint density at radius 2 is 1.94 bits per heavy atom. The Morgan fingerprint density at radius 1 is 1.28 bits per heavy atom. The van der Waals surface area contributed by atoms with E-state index in [0.717, 1.165) is 12.8 Å². The SMILES string of the molecule is O=S(=O)(NCC1CC1)c1ccc(C#CCO)cc1. The van der Waals surface area contributed by atoms with Crippen molar-refractivity contribution in [2.75, 3.05) is 13.2 Å². The lowest BCUT2D eigenvalue weighted by Crippen LogP contribution is -2.25. The zero-order valence-corrected chi connectivity index (χ0v) is 10.7. The Morgan fingerprint density at radius 3 is 2.50 bits per heavy atom. The number of sulfonamides is 1. The van der Waals surface area contributed by atoms with Crippen molar-refractivity contribution in [1.29, 1.82) is 0 Å². The van der Waals surface area contributed by atoms with Crippen molar-refractivity contribution in [1.82, 2.24) is 4.72 Å². The molecule has 1 aliphatic carbocycles. The average molecular weight is 265 g/mol. The minimum Gasteiger partial charge on any atom is -0.384 e. The van der Waals surface area contributed by atoms with Gasteiger partial charge < -0.3 is 5.11 Å². The standard InChI is InChI=1S/C13H15NO3S/c15-9-1-2-11-5-7-13(8-6-11)18(16,17)14-10-12-3-4-12/h5-8,12,14-15H,3-4,9-10H2. The molecule has 1 aromatic rings. The molecule has 0 spiro atoms. The molecule has 4 nitrogen and oxygen atoms in total. The zero-order valence-electron chi connectivity index (χ0n) is 9.89. The van der Waals surface area contributed by atoms with Gasteiger partial charge >= 0.3 is 0 Å². The van der Waals surface area contributed by atoms with Gasteiger partial charge in [-0.1, -0.05) is 11.8 Å². The summed E-state index contributed by atoms with van der Waals surface area (Å²) in [5.41, 5.74) is 0.685. The van der Waals surface area contributed by atoms with Crippen molar-refractivity contribution in [3.63, 3.8) is 0 Å². The van der Waals surface area contributed by atoms with Crippen molar-refractivity contribution >= 4 is 10.0 Å². The Balaban J connectivity index is 2.07. The van der Waals surface area contributed by atoms with E-state index in [1.165, 1.54) is 12.1 Å². The molecule has 2 N–H and O–H groups in total. The lowest BCUT2D eigenvalue weighted by Gasteiger charge is -2.05. The topological polar surface area (TPSA) is 66.4 Å². The van der Waals surface area contributed by atoms with Crippen LogP contribution in [0.1, 0.15) is 18.4 Å². The lowest BCUT2D eigenvalue weighted by molar-refractivity contribution is 0.350. The van der Waals surface area contributed by atoms with Crippen LogP contribution >= 0.6 is 0 Å². The summed E-state index contributed by atoms with van der Waals surface area (Å²) in [5, 5.41) is 8.56. The van der Waals surface area contributed by atoms with Crippen molar-refractivity contribution in [2.45, 2.75) is 17.7 Å². The van der Waals surface area contributed by atoms with Crippen molar-refractivity contribution in [3.05, 3.63) is 29.8 Å². The van der Waals surface area contributed by atoms with Crippen LogP contribution in [0.25, 0.3) is 0 Å². The monoisotopic (exact) mass is 265 g/mol. The summed E-state index contributed by atoms with van der Waals surface area (Å²) in [6, 6.07) is 6.32. The molecule has 0 radical (unpaired) electrons. The number of hydrogen-bond donors (Lipinski definition) is 2. The zero-order chi connectivity index (χ0) is 13.0. The molecule has 0 bridgehead atoms. The van der Waals surface area contributed by atoms with Gasteiger partial charge in [-0.15, -0.1) is 0 Å². The van der Waals surface area contributed by atoms with E-state index in [-0.39, 0.29) is 11.5 Å². The summed E-state index contributed by atoms with van der Waals surface area (Å²) >= 11 is 0. The first-order valence-corrected chi connectivity index (χ1v) is 7.29. The average Bonchev–Trinajstić information content (AvgIpc) is 3.19. The lowest BCUT2D eigenvalue weighted by atomic mass is 10.2. The Bertz CT molecular complexity index is 562. The normalized spacial score (nSPS) is 14.9. The van der Waals surface area contributed by atoms with Crippen molar-refractivity contribution in [3.8, 4) is 11.8 Å². The molecular formula is C13H15NO3S. The predicted molar refractivity (Wildman–Crippen MR) is 68.3 cm³/mol. The Labute approximate surface area is 107 Å². The number of rotatable bonds is 4. The number of benzene rings is 1. The maximum Gasteiger partial charge on any atom is 0.240 e. The minimum absolute atomic E-state index is 0.205. The molecule has 0 amide bonds. The molecule has 0 atom stereocenters. The van der Waals surface area contributed by atoms with E-state index in [0.29, 0.717) is 18.0 Å². The summed E-state index contributed by atoms with van der Waals surface area (Å²) < 4.78 is 26.4. The molecule has 1 saturated carbocycles. The molecule has 0 unspecified atom stereocenters. The second-order valence-corrected chi connectivity index (χ2v) is 6.05. The van der Waals surface area contributed by atoms with Gasteiger partial charge in [0.25, 0.3) is 0 Å². The fourth-order valence-corrected chi connectivity index (χ4v) is 2.61. The molecule has 2 rings (SSSR count). The molecule has 0 saturated heterocycles. The van der Waals surface area contributed by atoms with Gasteiger partial charge in [-0.05, 0) is 43.0 Å². The summed E-state index contributed by atoms with van der Waals surface area (Å²) in [6.07, 6.45) is 2.22. The van der Waals surface area contributed by atoms with Crippen molar-refractivity contribution < 1.29 is 13.5 Å². The third-order valence-electron chi connectivity index (χ3n) is 2.74. The smallest absolute Gasteiger partial charge is 0.240 e. The van der Waals surface area contributed by atoms with Crippen LogP contribution in [-0.4, -0.2) is 26.7 Å². The first kappa shape index (κ1) is 13.1. The van der Waals surface area contributed by atoms with E-state index >= 15 is 0 Å². The van der Waals surface area contributed by atoms with Gasteiger partial charge in [-0.3, -0.25) is 0 Å². The van der Waals surface area contributed by atoms with Gasteiger partial charge in [-0.2, -0.15) is 0 Å². The van der Waals surface area contributed by atoms with Crippen LogP contribution in [-0.2, 0) is 10.0 Å². The number of aliphatic hydroxyl groups is 1. The first-order valence-electron chi connectivity index (χ1n) is 5.81. The Kier molecular flexibility index (Phi) is 4.02. The van der Waals surface area contributed by atoms with Crippen LogP contribution in [0.5, 0.6) is 0 Å². The second kappa shape index (κ2) is 5.53. The molecule has 18 heavy (non-hydrogen) atoms. The molecular weight excluding hydrogens is 250 g/mol. The molecule has 1 aromatic carbocycles. The highest BCUT2D eigenvalue weighted by Gasteiger charge is 2.24. The van der Waals surface area contributed by atoms with Crippen LogP contribution in [0.4, 0.5) is 0 Å². The molecule has 0 aliphatic heterocycles. The molecule has 0 heterocycles. The van der Waals surface area contributed by atoms with Gasteiger partial charge in [0.2, 0.25) is 10.0 Å². The van der Waals surface area contributed by atoms with Gasteiger partial charge in [0, 0.05) is 12.1 Å². The van der Waals surface area contributed by atoms with E-state index in [1.807, 2.05) is 0 Å². The highest BCUT2D eigenvalue weighted by molar-refractivity contribution is 7.89. The van der Waals surface area contributed by atoms with Gasteiger partial charge in [-0.25, -0.2) is 13.1 Å². The third kappa shape index (κ3) is 3.57. The summed E-state index contributed by atoms with van der Waals surface area (Å²) in [5.74, 6) is 5.74. The quantitative estimate of drug-likeness (QED) is 0.788. The van der Waals surface area contributed by atoms with Gasteiger partial charge in [0.05, 0.1) is 4.90 Å². The molecule has 0 aromatic heterocycles. The number of nitrogens with one attached hydrogen (secondary N) is 1. The number of aliphatic hydroxyl groups excluding tert-OH is 1. The van der Waals surface area contributed by atoms with Crippen LogP contribution in [0.3, 0.4) is 0 Å². The van der Waals surface area contributed by atoms with Crippen LogP contribution in [0.2, 0.25) is 0 Å². The maximum absolute atomic E-state index is 11.9. The van der Waals surface area contributed by atoms with Gasteiger partial charge in [0.15, 0.2) is 0 Å². The third-order valence-corrected chi connectivity index (χ3v) is 4.17. The van der Waals surface area contributed by atoms with Crippen LogP contribution in [0, 0.1) is 17.8 Å². The fourth-order valence-electron chi connectivity index (χ4n) is 1.49. The van der Waals surface area contributed by atoms with Crippen molar-refractivity contribution in [2.24, 2.45) is 5.92 Å². The highest BCUT2D eigenvalue weighted by Crippen LogP contribution is 2.28. The van der Waals surface area contributed by atoms with Crippen LogP contribution < -0.4 is 4.72 Å². The second-order valence-electron chi connectivity index (χ2n) is 4.28. The molecule has 1 aliphatic rings.